The van der Waals surface area contributed by atoms with Crippen LogP contribution in [-0.2, 0) is 4.74 Å². The fraction of sp³-hybridized carbons (Fsp3) is 0.667. The van der Waals surface area contributed by atoms with E-state index in [1.807, 2.05) is 0 Å². The van der Waals surface area contributed by atoms with E-state index in [0.29, 0.717) is 11.8 Å². The first-order valence-corrected chi connectivity index (χ1v) is 8.87. The number of benzene rings is 1. The molecule has 2 aliphatic rings. The largest absolute Gasteiger partial charge is 0.494 e. The summed E-state index contributed by atoms with van der Waals surface area (Å²) in [6, 6.07) is 5.09. The van der Waals surface area contributed by atoms with Gasteiger partial charge in [0.25, 0.3) is 0 Å². The number of hydrogen-bond donors (Lipinski definition) is 1. The molecule has 2 aliphatic heterocycles. The molecule has 0 unspecified atom stereocenters. The minimum atomic E-state index is -0.268. The number of methoxy groups -OCH3 is 1. The molecule has 2 fully saturated rings. The van der Waals surface area contributed by atoms with Gasteiger partial charge in [-0.25, -0.2) is 4.39 Å². The summed E-state index contributed by atoms with van der Waals surface area (Å²) in [5.41, 5.74) is 0.880. The molecule has 0 amide bonds. The summed E-state index contributed by atoms with van der Waals surface area (Å²) in [4.78, 5) is 5.02. The Labute approximate surface area is 143 Å². The lowest BCUT2D eigenvalue weighted by Crippen LogP contribution is -2.45. The average molecular weight is 337 g/mol. The maximum absolute atomic E-state index is 13.3. The summed E-state index contributed by atoms with van der Waals surface area (Å²) in [6.45, 7) is 8.32. The molecule has 134 valence electrons. The van der Waals surface area contributed by atoms with E-state index in [1.54, 1.807) is 13.2 Å². The first-order chi connectivity index (χ1) is 11.7. The fourth-order valence-electron chi connectivity index (χ4n) is 3.41. The van der Waals surface area contributed by atoms with Gasteiger partial charge in [0.2, 0.25) is 0 Å². The van der Waals surface area contributed by atoms with Gasteiger partial charge in [0.1, 0.15) is 11.6 Å². The zero-order valence-corrected chi connectivity index (χ0v) is 14.5. The van der Waals surface area contributed by atoms with Crippen molar-refractivity contribution in [2.75, 3.05) is 64.9 Å². The minimum Gasteiger partial charge on any atom is -0.494 e. The van der Waals surface area contributed by atoms with Crippen LogP contribution < -0.4 is 10.1 Å². The summed E-state index contributed by atoms with van der Waals surface area (Å²) < 4.78 is 23.9. The molecule has 1 aromatic rings. The van der Waals surface area contributed by atoms with E-state index in [2.05, 4.69) is 15.1 Å². The summed E-state index contributed by atoms with van der Waals surface area (Å²) in [5.74, 6) is 0.306. The number of nitrogens with zero attached hydrogens (tertiary/aromatic N) is 2. The predicted octanol–water partition coefficient (Wildman–Crippen LogP) is 2.04. The van der Waals surface area contributed by atoms with Gasteiger partial charge in [0.15, 0.2) is 0 Å². The zero-order chi connectivity index (χ0) is 16.8. The highest BCUT2D eigenvalue weighted by molar-refractivity contribution is 5.57. The Kier molecular flexibility index (Phi) is 6.29. The molecule has 0 spiro atoms. The van der Waals surface area contributed by atoms with Crippen LogP contribution in [0.5, 0.6) is 5.75 Å². The van der Waals surface area contributed by atoms with Crippen molar-refractivity contribution in [3.8, 4) is 5.75 Å². The molecule has 0 aliphatic carbocycles. The highest BCUT2D eigenvalue weighted by Crippen LogP contribution is 2.27. The van der Waals surface area contributed by atoms with Crippen LogP contribution >= 0.6 is 0 Å². The van der Waals surface area contributed by atoms with Gasteiger partial charge < -0.3 is 19.7 Å². The van der Waals surface area contributed by atoms with Gasteiger partial charge >= 0.3 is 0 Å². The highest BCUT2D eigenvalue weighted by atomic mass is 19.1. The molecule has 0 saturated carbocycles. The molecule has 0 atom stereocenters. The Morgan fingerprint density at radius 2 is 1.79 bits per heavy atom. The Bertz CT molecular complexity index is 515. The molecule has 0 radical (unpaired) electrons. The van der Waals surface area contributed by atoms with E-state index in [0.717, 1.165) is 71.0 Å². The van der Waals surface area contributed by atoms with E-state index in [9.17, 15) is 4.39 Å². The predicted molar refractivity (Wildman–Crippen MR) is 93.3 cm³/mol. The third-order valence-electron chi connectivity index (χ3n) is 4.95. The van der Waals surface area contributed by atoms with E-state index in [4.69, 9.17) is 9.47 Å². The molecule has 5 nitrogen and oxygen atoms in total. The van der Waals surface area contributed by atoms with Crippen molar-refractivity contribution in [1.82, 2.24) is 9.80 Å². The van der Waals surface area contributed by atoms with Crippen LogP contribution in [0.4, 0.5) is 10.1 Å². The molecule has 0 aromatic heterocycles. The Morgan fingerprint density at radius 3 is 2.46 bits per heavy atom. The lowest BCUT2D eigenvalue weighted by molar-refractivity contribution is 0.0322. The number of halogens is 1. The summed E-state index contributed by atoms with van der Waals surface area (Å²) in [6.07, 6.45) is 2.20. The van der Waals surface area contributed by atoms with Crippen LogP contribution in [0.15, 0.2) is 18.2 Å². The lowest BCUT2D eigenvalue weighted by atomic mass is 10.0. The van der Waals surface area contributed by atoms with Crippen molar-refractivity contribution >= 4 is 5.69 Å². The van der Waals surface area contributed by atoms with Gasteiger partial charge in [0.05, 0.1) is 26.0 Å². The first-order valence-electron chi connectivity index (χ1n) is 8.87. The third-order valence-corrected chi connectivity index (χ3v) is 4.95. The van der Waals surface area contributed by atoms with Crippen molar-refractivity contribution in [2.24, 2.45) is 0 Å². The molecule has 3 rings (SSSR count). The van der Waals surface area contributed by atoms with Crippen LogP contribution in [0.25, 0.3) is 0 Å². The van der Waals surface area contributed by atoms with Gasteiger partial charge in [0, 0.05) is 51.4 Å². The number of morpholine rings is 1. The van der Waals surface area contributed by atoms with Crippen molar-refractivity contribution in [1.29, 1.82) is 0 Å². The number of likely N-dealkylation sites (tertiary alicyclic amines) is 1. The maximum atomic E-state index is 13.3. The number of hydrogen-bond acceptors (Lipinski definition) is 5. The Hall–Kier alpha value is -1.37. The summed E-state index contributed by atoms with van der Waals surface area (Å²) >= 11 is 0. The first kappa shape index (κ1) is 17.5. The average Bonchev–Trinajstić information content (AvgIpc) is 2.63. The number of piperidine rings is 1. The normalized spacial score (nSPS) is 20.9. The van der Waals surface area contributed by atoms with Crippen molar-refractivity contribution in [3.05, 3.63) is 24.0 Å². The molecule has 2 heterocycles. The van der Waals surface area contributed by atoms with Crippen molar-refractivity contribution in [2.45, 2.75) is 18.9 Å². The molecule has 24 heavy (non-hydrogen) atoms. The van der Waals surface area contributed by atoms with Crippen LogP contribution in [0.2, 0.25) is 0 Å². The number of anilines is 1. The molecule has 1 N–H and O–H groups in total. The van der Waals surface area contributed by atoms with E-state index in [1.165, 1.54) is 12.1 Å². The zero-order valence-electron chi connectivity index (χ0n) is 14.5. The second-order valence-corrected chi connectivity index (χ2v) is 6.56. The quantitative estimate of drug-likeness (QED) is 0.860. The number of nitrogens with one attached hydrogen (secondary N) is 1. The maximum Gasteiger partial charge on any atom is 0.144 e. The molecule has 2 saturated heterocycles. The topological polar surface area (TPSA) is 37.0 Å². The van der Waals surface area contributed by atoms with Gasteiger partial charge in [-0.3, -0.25) is 4.90 Å². The van der Waals surface area contributed by atoms with Crippen LogP contribution in [0, 0.1) is 5.82 Å². The second kappa shape index (κ2) is 8.65. The van der Waals surface area contributed by atoms with Crippen molar-refractivity contribution < 1.29 is 13.9 Å². The van der Waals surface area contributed by atoms with E-state index >= 15 is 0 Å². The Morgan fingerprint density at radius 1 is 1.12 bits per heavy atom. The summed E-state index contributed by atoms with van der Waals surface area (Å²) in [5, 5.41) is 3.51. The Balaban J connectivity index is 1.42. The number of rotatable bonds is 6. The molecular formula is C18H28FN3O2. The van der Waals surface area contributed by atoms with Gasteiger partial charge in [-0.2, -0.15) is 0 Å². The van der Waals surface area contributed by atoms with Crippen molar-refractivity contribution in [3.63, 3.8) is 0 Å². The van der Waals surface area contributed by atoms with Gasteiger partial charge in [-0.15, -0.1) is 0 Å². The molecule has 0 bridgehead atoms. The summed E-state index contributed by atoms with van der Waals surface area (Å²) in [7, 11) is 1.58. The monoisotopic (exact) mass is 337 g/mol. The smallest absolute Gasteiger partial charge is 0.144 e. The highest BCUT2D eigenvalue weighted by Gasteiger charge is 2.21. The molecular weight excluding hydrogens is 309 g/mol. The molecule has 1 aromatic carbocycles. The van der Waals surface area contributed by atoms with Crippen LogP contribution in [0.3, 0.4) is 0 Å². The fourth-order valence-corrected chi connectivity index (χ4v) is 3.41. The SMILES string of the molecule is COc1cc(F)ccc1NC1CCN(CCN2CCOCC2)CC1. The van der Waals surface area contributed by atoms with E-state index < -0.39 is 0 Å². The third kappa shape index (κ3) is 4.82. The van der Waals surface area contributed by atoms with Crippen LogP contribution in [-0.4, -0.2) is 75.4 Å². The van der Waals surface area contributed by atoms with Crippen LogP contribution in [0.1, 0.15) is 12.8 Å². The standard InChI is InChI=1S/C18H28FN3O2/c1-23-18-14-15(19)2-3-17(18)20-16-4-6-21(7-5-16)8-9-22-10-12-24-13-11-22/h2-3,14,16,20H,4-13H2,1H3. The second-order valence-electron chi connectivity index (χ2n) is 6.56. The van der Waals surface area contributed by atoms with Gasteiger partial charge in [-0.05, 0) is 25.0 Å². The van der Waals surface area contributed by atoms with Gasteiger partial charge in [-0.1, -0.05) is 0 Å². The number of ether oxygens (including phenoxy) is 2. The lowest BCUT2D eigenvalue weighted by Gasteiger charge is -2.35. The minimum absolute atomic E-state index is 0.268. The van der Waals surface area contributed by atoms with E-state index in [-0.39, 0.29) is 5.82 Å². The molecule has 6 heteroatoms.